The Morgan fingerprint density at radius 3 is 2.56 bits per heavy atom. The number of aryl methyl sites for hydroxylation is 1. The molecule has 0 aliphatic carbocycles. The smallest absolute Gasteiger partial charge is 0.126 e. The molecule has 1 atom stereocenters. The van der Waals surface area contributed by atoms with Gasteiger partial charge >= 0.3 is 0 Å². The maximum atomic E-state index is 13.2. The van der Waals surface area contributed by atoms with E-state index in [2.05, 4.69) is 24.4 Å². The summed E-state index contributed by atoms with van der Waals surface area (Å²) < 4.78 is 13.2. The highest BCUT2D eigenvalue weighted by molar-refractivity contribution is 6.30. The highest BCUT2D eigenvalue weighted by atomic mass is 35.5. The summed E-state index contributed by atoms with van der Waals surface area (Å²) in [6.07, 6.45) is 0. The molecule has 0 aromatic heterocycles. The number of benzene rings is 2. The van der Waals surface area contributed by atoms with E-state index in [1.54, 1.807) is 6.07 Å². The van der Waals surface area contributed by atoms with Crippen LogP contribution in [0.25, 0.3) is 0 Å². The molecule has 1 nitrogen and oxygen atoms in total. The lowest BCUT2D eigenvalue weighted by Gasteiger charge is -2.18. The number of hydrogen-bond acceptors (Lipinski definition) is 1. The third-order valence-corrected chi connectivity index (χ3v) is 3.12. The van der Waals surface area contributed by atoms with Crippen molar-refractivity contribution in [3.8, 4) is 0 Å². The minimum atomic E-state index is -0.331. The summed E-state index contributed by atoms with van der Waals surface area (Å²) in [5, 5.41) is 3.65. The molecule has 2 rings (SSSR count). The minimum Gasteiger partial charge on any atom is -0.378 e. The van der Waals surface area contributed by atoms with Gasteiger partial charge in [0.05, 0.1) is 0 Å². The molecule has 1 unspecified atom stereocenters. The molecule has 1 N–H and O–H groups in total. The highest BCUT2D eigenvalue weighted by Crippen LogP contribution is 2.24. The number of anilines is 1. The van der Waals surface area contributed by atoms with Crippen molar-refractivity contribution in [2.75, 3.05) is 5.32 Å². The molecule has 0 saturated carbocycles. The molecular weight excluding hydrogens is 249 g/mol. The van der Waals surface area contributed by atoms with E-state index in [1.165, 1.54) is 23.3 Å². The Kier molecular flexibility index (Phi) is 3.87. The monoisotopic (exact) mass is 263 g/mol. The first-order valence-corrected chi connectivity index (χ1v) is 6.22. The highest BCUT2D eigenvalue weighted by Gasteiger charge is 2.08. The van der Waals surface area contributed by atoms with Crippen molar-refractivity contribution in [2.24, 2.45) is 0 Å². The van der Waals surface area contributed by atoms with Crippen molar-refractivity contribution in [2.45, 2.75) is 19.9 Å². The zero-order chi connectivity index (χ0) is 13.1. The first-order chi connectivity index (χ1) is 8.56. The maximum absolute atomic E-state index is 13.2. The van der Waals surface area contributed by atoms with Gasteiger partial charge < -0.3 is 5.32 Å². The van der Waals surface area contributed by atoms with Gasteiger partial charge in [-0.05, 0) is 43.2 Å². The van der Waals surface area contributed by atoms with Gasteiger partial charge in [-0.1, -0.05) is 35.9 Å². The largest absolute Gasteiger partial charge is 0.378 e. The Hall–Kier alpha value is -1.54. The van der Waals surface area contributed by atoms with Crippen LogP contribution in [0.3, 0.4) is 0 Å². The van der Waals surface area contributed by atoms with Crippen LogP contribution in [0.1, 0.15) is 24.1 Å². The fraction of sp³-hybridized carbons (Fsp3) is 0.200. The lowest BCUT2D eigenvalue weighted by molar-refractivity contribution is 0.628. The molecule has 2 aromatic rings. The molecule has 0 saturated heterocycles. The van der Waals surface area contributed by atoms with Gasteiger partial charge in [-0.3, -0.25) is 0 Å². The Bertz CT molecular complexity index is 534. The average Bonchev–Trinajstić information content (AvgIpc) is 2.27. The molecule has 2 aromatic carbocycles. The molecule has 0 spiro atoms. The predicted molar refractivity (Wildman–Crippen MR) is 74.6 cm³/mol. The van der Waals surface area contributed by atoms with Crippen LogP contribution in [-0.4, -0.2) is 0 Å². The van der Waals surface area contributed by atoms with Crippen molar-refractivity contribution < 1.29 is 4.39 Å². The van der Waals surface area contributed by atoms with Crippen LogP contribution >= 0.6 is 11.6 Å². The molecule has 0 aliphatic rings. The summed E-state index contributed by atoms with van der Waals surface area (Å²) in [5.74, 6) is -0.331. The van der Waals surface area contributed by atoms with Crippen LogP contribution in [-0.2, 0) is 0 Å². The quantitative estimate of drug-likeness (QED) is 0.825. The lowest BCUT2D eigenvalue weighted by atomic mass is 10.0. The van der Waals surface area contributed by atoms with Gasteiger partial charge in [-0.2, -0.15) is 0 Å². The summed E-state index contributed by atoms with van der Waals surface area (Å²) in [7, 11) is 0. The molecule has 0 aliphatic heterocycles. The molecule has 0 fully saturated rings. The van der Waals surface area contributed by atoms with E-state index < -0.39 is 0 Å². The van der Waals surface area contributed by atoms with Gasteiger partial charge in [-0.25, -0.2) is 4.39 Å². The van der Waals surface area contributed by atoms with Crippen LogP contribution in [0.2, 0.25) is 5.02 Å². The SMILES string of the molecule is Cc1ccccc1C(C)Nc1cc(F)cc(Cl)c1. The normalized spacial score (nSPS) is 12.2. The first kappa shape index (κ1) is 12.9. The summed E-state index contributed by atoms with van der Waals surface area (Å²) in [6, 6.07) is 12.7. The van der Waals surface area contributed by atoms with E-state index in [-0.39, 0.29) is 11.9 Å². The van der Waals surface area contributed by atoms with Gasteiger partial charge in [0.1, 0.15) is 5.82 Å². The molecule has 18 heavy (non-hydrogen) atoms. The fourth-order valence-electron chi connectivity index (χ4n) is 2.04. The lowest BCUT2D eigenvalue weighted by Crippen LogP contribution is -2.08. The second kappa shape index (κ2) is 5.40. The average molecular weight is 264 g/mol. The number of rotatable bonds is 3. The van der Waals surface area contributed by atoms with E-state index in [9.17, 15) is 4.39 Å². The molecular formula is C15H15ClFN. The first-order valence-electron chi connectivity index (χ1n) is 5.84. The van der Waals surface area contributed by atoms with Gasteiger partial charge in [0, 0.05) is 16.8 Å². The molecule has 3 heteroatoms. The van der Waals surface area contributed by atoms with Crippen molar-refractivity contribution >= 4 is 17.3 Å². The number of hydrogen-bond donors (Lipinski definition) is 1. The van der Waals surface area contributed by atoms with Gasteiger partial charge in [0.15, 0.2) is 0 Å². The van der Waals surface area contributed by atoms with E-state index >= 15 is 0 Å². The van der Waals surface area contributed by atoms with E-state index in [4.69, 9.17) is 11.6 Å². The van der Waals surface area contributed by atoms with Crippen LogP contribution in [0.15, 0.2) is 42.5 Å². The fourth-order valence-corrected chi connectivity index (χ4v) is 2.26. The number of halogens is 2. The Labute approximate surface area is 112 Å². The van der Waals surface area contributed by atoms with Crippen LogP contribution < -0.4 is 5.32 Å². The molecule has 0 amide bonds. The topological polar surface area (TPSA) is 12.0 Å². The van der Waals surface area contributed by atoms with Crippen LogP contribution in [0, 0.1) is 12.7 Å². The predicted octanol–water partition coefficient (Wildman–Crippen LogP) is 4.96. The summed E-state index contributed by atoms with van der Waals surface area (Å²) in [5.41, 5.74) is 3.09. The van der Waals surface area contributed by atoms with Crippen molar-refractivity contribution in [1.82, 2.24) is 0 Å². The number of nitrogens with one attached hydrogen (secondary N) is 1. The third kappa shape index (κ3) is 3.02. The zero-order valence-electron chi connectivity index (χ0n) is 10.4. The van der Waals surface area contributed by atoms with Crippen LogP contribution in [0.5, 0.6) is 0 Å². The zero-order valence-corrected chi connectivity index (χ0v) is 11.1. The minimum absolute atomic E-state index is 0.101. The second-order valence-corrected chi connectivity index (χ2v) is 4.82. The Morgan fingerprint density at radius 2 is 1.89 bits per heavy atom. The molecule has 0 heterocycles. The van der Waals surface area contributed by atoms with Gasteiger partial charge in [0.2, 0.25) is 0 Å². The van der Waals surface area contributed by atoms with E-state index in [1.807, 2.05) is 19.1 Å². The standard InChI is InChI=1S/C15H15ClFN/c1-10-5-3-4-6-15(10)11(2)18-14-8-12(16)7-13(17)9-14/h3-9,11,18H,1-2H3. The Morgan fingerprint density at radius 1 is 1.17 bits per heavy atom. The van der Waals surface area contributed by atoms with Gasteiger partial charge in [-0.15, -0.1) is 0 Å². The van der Waals surface area contributed by atoms with Crippen molar-refractivity contribution in [3.63, 3.8) is 0 Å². The Balaban J connectivity index is 2.21. The third-order valence-electron chi connectivity index (χ3n) is 2.90. The van der Waals surface area contributed by atoms with Crippen molar-refractivity contribution in [1.29, 1.82) is 0 Å². The van der Waals surface area contributed by atoms with Crippen LogP contribution in [0.4, 0.5) is 10.1 Å². The molecule has 94 valence electrons. The molecule has 0 bridgehead atoms. The summed E-state index contributed by atoms with van der Waals surface area (Å²) in [4.78, 5) is 0. The summed E-state index contributed by atoms with van der Waals surface area (Å²) in [6.45, 7) is 4.10. The molecule has 0 radical (unpaired) electrons. The second-order valence-electron chi connectivity index (χ2n) is 4.38. The summed E-state index contributed by atoms with van der Waals surface area (Å²) >= 11 is 5.83. The van der Waals surface area contributed by atoms with Crippen molar-refractivity contribution in [3.05, 3.63) is 64.4 Å². The van der Waals surface area contributed by atoms with E-state index in [0.29, 0.717) is 10.7 Å². The maximum Gasteiger partial charge on any atom is 0.126 e. The van der Waals surface area contributed by atoms with E-state index in [0.717, 1.165) is 0 Å². The van der Waals surface area contributed by atoms with Gasteiger partial charge in [0.25, 0.3) is 0 Å².